The molecular formula is C17H29N5O4. The Morgan fingerprint density at radius 1 is 0.923 bits per heavy atom. The molecule has 0 atom stereocenters. The van der Waals surface area contributed by atoms with Crippen molar-refractivity contribution in [3.8, 4) is 0 Å². The zero-order valence-corrected chi connectivity index (χ0v) is 16.1. The summed E-state index contributed by atoms with van der Waals surface area (Å²) in [6, 6.07) is 0. The Bertz CT molecular complexity index is 574. The molecule has 1 aliphatic carbocycles. The fraction of sp³-hybridized carbons (Fsp3) is 0.765. The van der Waals surface area contributed by atoms with Crippen molar-refractivity contribution in [3.63, 3.8) is 0 Å². The Labute approximate surface area is 154 Å². The Hall–Kier alpha value is -1.84. The highest BCUT2D eigenvalue weighted by molar-refractivity contribution is 5.89. The van der Waals surface area contributed by atoms with Gasteiger partial charge >= 0.3 is 0 Å². The van der Waals surface area contributed by atoms with Crippen molar-refractivity contribution in [2.75, 3.05) is 51.3 Å². The molecular weight excluding hydrogens is 338 g/mol. The highest BCUT2D eigenvalue weighted by Crippen LogP contribution is 2.32. The van der Waals surface area contributed by atoms with Gasteiger partial charge < -0.3 is 14.2 Å². The van der Waals surface area contributed by atoms with E-state index in [-0.39, 0.29) is 32.0 Å². The SMILES string of the molecule is COCN(COC)c1nc(C2CCCCC2)nc(N(COC)C(C)=O)n1. The first-order chi connectivity index (χ1) is 12.6. The van der Waals surface area contributed by atoms with E-state index in [1.165, 1.54) is 25.4 Å². The van der Waals surface area contributed by atoms with E-state index in [9.17, 15) is 4.79 Å². The molecule has 1 aromatic heterocycles. The van der Waals surface area contributed by atoms with Gasteiger partial charge in [-0.25, -0.2) is 0 Å². The van der Waals surface area contributed by atoms with Crippen molar-refractivity contribution >= 4 is 17.8 Å². The predicted octanol–water partition coefficient (Wildman–Crippen LogP) is 1.89. The average Bonchev–Trinajstić information content (AvgIpc) is 2.66. The second kappa shape index (κ2) is 10.3. The average molecular weight is 367 g/mol. The van der Waals surface area contributed by atoms with Gasteiger partial charge in [0.25, 0.3) is 0 Å². The summed E-state index contributed by atoms with van der Waals surface area (Å²) in [5.41, 5.74) is 0. The maximum Gasteiger partial charge on any atom is 0.239 e. The van der Waals surface area contributed by atoms with Crippen molar-refractivity contribution < 1.29 is 19.0 Å². The topological polar surface area (TPSA) is 89.9 Å². The van der Waals surface area contributed by atoms with Crippen LogP contribution in [0.5, 0.6) is 0 Å². The Morgan fingerprint density at radius 2 is 1.50 bits per heavy atom. The Balaban J connectivity index is 2.44. The predicted molar refractivity (Wildman–Crippen MR) is 96.9 cm³/mol. The zero-order chi connectivity index (χ0) is 18.9. The third-order valence-electron chi connectivity index (χ3n) is 4.33. The molecule has 1 aromatic rings. The van der Waals surface area contributed by atoms with E-state index in [2.05, 4.69) is 15.0 Å². The van der Waals surface area contributed by atoms with E-state index in [0.717, 1.165) is 25.7 Å². The summed E-state index contributed by atoms with van der Waals surface area (Å²) in [6.07, 6.45) is 5.65. The number of aromatic nitrogens is 3. The lowest BCUT2D eigenvalue weighted by Gasteiger charge is -2.26. The van der Waals surface area contributed by atoms with Crippen LogP contribution in [0.1, 0.15) is 50.8 Å². The van der Waals surface area contributed by atoms with E-state index in [1.54, 1.807) is 19.1 Å². The van der Waals surface area contributed by atoms with Crippen LogP contribution in [0.2, 0.25) is 0 Å². The lowest BCUT2D eigenvalue weighted by molar-refractivity contribution is -0.117. The van der Waals surface area contributed by atoms with Crippen LogP contribution in [0.4, 0.5) is 11.9 Å². The fourth-order valence-corrected chi connectivity index (χ4v) is 3.06. The van der Waals surface area contributed by atoms with Crippen molar-refractivity contribution in [1.82, 2.24) is 15.0 Å². The van der Waals surface area contributed by atoms with Crippen molar-refractivity contribution in [2.45, 2.75) is 44.9 Å². The highest BCUT2D eigenvalue weighted by Gasteiger charge is 2.24. The highest BCUT2D eigenvalue weighted by atomic mass is 16.5. The van der Waals surface area contributed by atoms with E-state index in [0.29, 0.717) is 17.7 Å². The van der Waals surface area contributed by atoms with Crippen LogP contribution in [-0.4, -0.2) is 62.4 Å². The van der Waals surface area contributed by atoms with Gasteiger partial charge in [-0.2, -0.15) is 15.0 Å². The maximum absolute atomic E-state index is 12.0. The summed E-state index contributed by atoms with van der Waals surface area (Å²) in [7, 11) is 4.72. The fourth-order valence-electron chi connectivity index (χ4n) is 3.06. The summed E-state index contributed by atoms with van der Waals surface area (Å²) >= 11 is 0. The second-order valence-corrected chi connectivity index (χ2v) is 6.37. The summed E-state index contributed by atoms with van der Waals surface area (Å²) in [5.74, 6) is 1.52. The number of carbonyl (C=O) groups excluding carboxylic acids is 1. The zero-order valence-electron chi connectivity index (χ0n) is 16.1. The van der Waals surface area contributed by atoms with Crippen LogP contribution in [0.3, 0.4) is 0 Å². The van der Waals surface area contributed by atoms with Gasteiger partial charge in [0.05, 0.1) is 0 Å². The van der Waals surface area contributed by atoms with Gasteiger partial charge in [-0.15, -0.1) is 0 Å². The number of rotatable bonds is 9. The minimum atomic E-state index is -0.191. The second-order valence-electron chi connectivity index (χ2n) is 6.37. The van der Waals surface area contributed by atoms with Gasteiger partial charge in [0, 0.05) is 34.2 Å². The van der Waals surface area contributed by atoms with E-state index in [4.69, 9.17) is 14.2 Å². The van der Waals surface area contributed by atoms with Gasteiger partial charge in [0.2, 0.25) is 17.8 Å². The van der Waals surface area contributed by atoms with E-state index in [1.807, 2.05) is 0 Å². The number of hydrogen-bond acceptors (Lipinski definition) is 8. The maximum atomic E-state index is 12.0. The Kier molecular flexibility index (Phi) is 8.14. The van der Waals surface area contributed by atoms with Crippen LogP contribution < -0.4 is 9.80 Å². The number of ether oxygens (including phenoxy) is 3. The molecule has 0 N–H and O–H groups in total. The third kappa shape index (κ3) is 5.33. The summed E-state index contributed by atoms with van der Waals surface area (Å²) in [5, 5.41) is 0. The molecule has 9 nitrogen and oxygen atoms in total. The van der Waals surface area contributed by atoms with Gasteiger partial charge in [0.1, 0.15) is 26.0 Å². The number of nitrogens with zero attached hydrogens (tertiary/aromatic N) is 5. The molecule has 0 spiro atoms. The normalized spacial score (nSPS) is 15.1. The number of amides is 1. The summed E-state index contributed by atoms with van der Waals surface area (Å²) in [6.45, 7) is 2.08. The molecule has 0 aliphatic heterocycles. The molecule has 1 saturated carbocycles. The van der Waals surface area contributed by atoms with E-state index < -0.39 is 0 Å². The lowest BCUT2D eigenvalue weighted by Crippen LogP contribution is -2.35. The van der Waals surface area contributed by atoms with Crippen LogP contribution >= 0.6 is 0 Å². The molecule has 0 bridgehead atoms. The molecule has 0 radical (unpaired) electrons. The lowest BCUT2D eigenvalue weighted by atomic mass is 9.89. The molecule has 2 rings (SSSR count). The molecule has 0 unspecified atom stereocenters. The number of carbonyl (C=O) groups is 1. The van der Waals surface area contributed by atoms with Crippen LogP contribution in [0.15, 0.2) is 0 Å². The van der Waals surface area contributed by atoms with Crippen molar-refractivity contribution in [2.24, 2.45) is 0 Å². The largest absolute Gasteiger partial charge is 0.364 e. The molecule has 26 heavy (non-hydrogen) atoms. The number of methoxy groups -OCH3 is 3. The Morgan fingerprint density at radius 3 is 2.04 bits per heavy atom. The van der Waals surface area contributed by atoms with Gasteiger partial charge in [0.15, 0.2) is 0 Å². The molecule has 1 aliphatic rings. The van der Waals surface area contributed by atoms with Crippen LogP contribution in [0, 0.1) is 0 Å². The quantitative estimate of drug-likeness (QED) is 0.611. The number of anilines is 2. The summed E-state index contributed by atoms with van der Waals surface area (Å²) < 4.78 is 15.6. The smallest absolute Gasteiger partial charge is 0.239 e. The standard InChI is InChI=1S/C17H29N5O4/c1-13(23)22(12-26-4)17-19-15(14-8-6-5-7-9-14)18-16(20-17)21(10-24-2)11-25-3/h14H,5-12H2,1-4H3. The molecule has 1 amide bonds. The monoisotopic (exact) mass is 367 g/mol. The van der Waals surface area contributed by atoms with Crippen molar-refractivity contribution in [1.29, 1.82) is 0 Å². The van der Waals surface area contributed by atoms with Gasteiger partial charge in [-0.3, -0.25) is 14.6 Å². The summed E-state index contributed by atoms with van der Waals surface area (Å²) in [4.78, 5) is 28.9. The minimum Gasteiger partial charge on any atom is -0.364 e. The molecule has 1 heterocycles. The molecule has 0 aromatic carbocycles. The minimum absolute atomic E-state index is 0.0808. The van der Waals surface area contributed by atoms with Gasteiger partial charge in [-0.05, 0) is 12.8 Å². The molecule has 146 valence electrons. The molecule has 9 heteroatoms. The molecule has 0 saturated heterocycles. The first-order valence-electron chi connectivity index (χ1n) is 8.86. The third-order valence-corrected chi connectivity index (χ3v) is 4.33. The van der Waals surface area contributed by atoms with Crippen LogP contribution in [0.25, 0.3) is 0 Å². The van der Waals surface area contributed by atoms with Crippen molar-refractivity contribution in [3.05, 3.63) is 5.82 Å². The first kappa shape index (κ1) is 20.5. The first-order valence-corrected chi connectivity index (χ1v) is 8.86. The van der Waals surface area contributed by atoms with Crippen LogP contribution in [-0.2, 0) is 19.0 Å². The van der Waals surface area contributed by atoms with E-state index >= 15 is 0 Å². The molecule has 1 fully saturated rings. The number of hydrogen-bond donors (Lipinski definition) is 0. The van der Waals surface area contributed by atoms with Gasteiger partial charge in [-0.1, -0.05) is 19.3 Å².